The summed E-state index contributed by atoms with van der Waals surface area (Å²) in [5.41, 5.74) is 0. The van der Waals surface area contributed by atoms with Crippen LogP contribution < -0.4 is 0 Å². The van der Waals surface area contributed by atoms with Crippen LogP contribution in [0.5, 0.6) is 0 Å². The Kier molecular flexibility index (Phi) is 5.95. The number of nitrogens with zero attached hydrogens (tertiary/aromatic N) is 1. The number of hydrogen-bond acceptors (Lipinski definition) is 2. The maximum absolute atomic E-state index is 4.45. The third kappa shape index (κ3) is 4.22. The molecule has 1 atom stereocenters. The van der Waals surface area contributed by atoms with Crippen LogP contribution in [0.2, 0.25) is 0 Å². The smallest absolute Gasteiger partial charge is 0.00965 e. The van der Waals surface area contributed by atoms with E-state index in [1.165, 1.54) is 45.2 Å². The van der Waals surface area contributed by atoms with Crippen molar-refractivity contribution in [3.8, 4) is 0 Å². The molecule has 0 aromatic heterocycles. The summed E-state index contributed by atoms with van der Waals surface area (Å²) in [4.78, 5) is 2.69. The molecule has 14 heavy (non-hydrogen) atoms. The zero-order chi connectivity index (χ0) is 10.4. The molecule has 2 heteroatoms. The van der Waals surface area contributed by atoms with Gasteiger partial charge in [-0.2, -0.15) is 12.6 Å². The molecule has 0 radical (unpaired) electrons. The first-order chi connectivity index (χ1) is 6.81. The van der Waals surface area contributed by atoms with E-state index in [2.05, 4.69) is 31.4 Å². The van der Waals surface area contributed by atoms with E-state index in [4.69, 9.17) is 0 Å². The van der Waals surface area contributed by atoms with Gasteiger partial charge >= 0.3 is 0 Å². The maximum atomic E-state index is 4.45. The first-order valence-corrected chi connectivity index (χ1v) is 6.79. The lowest BCUT2D eigenvalue weighted by atomic mass is 10.1. The van der Waals surface area contributed by atoms with Crippen LogP contribution in [-0.4, -0.2) is 29.8 Å². The molecule has 0 bridgehead atoms. The fourth-order valence-corrected chi connectivity index (χ4v) is 2.43. The van der Waals surface area contributed by atoms with Gasteiger partial charge in [-0.15, -0.1) is 0 Å². The fourth-order valence-electron chi connectivity index (χ4n) is 2.13. The Hall–Kier alpha value is 0.310. The number of thiol groups is 1. The van der Waals surface area contributed by atoms with Crippen LogP contribution in [0.1, 0.15) is 46.0 Å². The first kappa shape index (κ1) is 12.4. The average Bonchev–Trinajstić information content (AvgIpc) is 2.99. The molecule has 1 aliphatic rings. The first-order valence-electron chi connectivity index (χ1n) is 6.16. The lowest BCUT2D eigenvalue weighted by Gasteiger charge is -2.26. The van der Waals surface area contributed by atoms with Gasteiger partial charge in [0.05, 0.1) is 0 Å². The summed E-state index contributed by atoms with van der Waals surface area (Å²) in [6.45, 7) is 7.14. The molecular weight excluding hydrogens is 190 g/mol. The molecule has 1 rings (SSSR count). The zero-order valence-corrected chi connectivity index (χ0v) is 10.6. The van der Waals surface area contributed by atoms with Crippen molar-refractivity contribution in [3.63, 3.8) is 0 Å². The fraction of sp³-hybridized carbons (Fsp3) is 1.00. The zero-order valence-electron chi connectivity index (χ0n) is 9.71. The van der Waals surface area contributed by atoms with Crippen LogP contribution >= 0.6 is 12.6 Å². The van der Waals surface area contributed by atoms with Crippen molar-refractivity contribution in [2.24, 2.45) is 5.92 Å². The van der Waals surface area contributed by atoms with Gasteiger partial charge in [0.25, 0.3) is 0 Å². The molecule has 0 amide bonds. The Labute approximate surface area is 94.7 Å². The summed E-state index contributed by atoms with van der Waals surface area (Å²) >= 11 is 4.45. The molecule has 1 saturated carbocycles. The molecule has 0 saturated heterocycles. The molecule has 0 aromatic carbocycles. The molecule has 0 aromatic rings. The Morgan fingerprint density at radius 1 is 1.29 bits per heavy atom. The van der Waals surface area contributed by atoms with Crippen molar-refractivity contribution < 1.29 is 0 Å². The largest absolute Gasteiger partial charge is 0.300 e. The van der Waals surface area contributed by atoms with Crippen molar-refractivity contribution in [1.29, 1.82) is 0 Å². The summed E-state index contributed by atoms with van der Waals surface area (Å²) in [6, 6.07) is 0.925. The molecule has 84 valence electrons. The maximum Gasteiger partial charge on any atom is 0.00965 e. The van der Waals surface area contributed by atoms with E-state index in [-0.39, 0.29) is 0 Å². The predicted octanol–water partition coefficient (Wildman–Crippen LogP) is 3.21. The highest BCUT2D eigenvalue weighted by Gasteiger charge is 2.29. The Bertz CT molecular complexity index is 145. The van der Waals surface area contributed by atoms with Gasteiger partial charge in [-0.25, -0.2) is 0 Å². The SMILES string of the molecule is CCCC(CS)CN(CCC)C1CC1. The van der Waals surface area contributed by atoms with Gasteiger partial charge in [0.1, 0.15) is 0 Å². The van der Waals surface area contributed by atoms with Crippen molar-refractivity contribution >= 4 is 12.6 Å². The van der Waals surface area contributed by atoms with E-state index >= 15 is 0 Å². The van der Waals surface area contributed by atoms with Gasteiger partial charge in [0.15, 0.2) is 0 Å². The predicted molar refractivity (Wildman–Crippen MR) is 67.1 cm³/mol. The highest BCUT2D eigenvalue weighted by Crippen LogP contribution is 2.28. The van der Waals surface area contributed by atoms with Crippen molar-refractivity contribution in [1.82, 2.24) is 4.90 Å². The van der Waals surface area contributed by atoms with Gasteiger partial charge < -0.3 is 4.90 Å². The van der Waals surface area contributed by atoms with E-state index in [0.717, 1.165) is 17.7 Å². The van der Waals surface area contributed by atoms with E-state index in [1.807, 2.05) is 0 Å². The van der Waals surface area contributed by atoms with Crippen LogP contribution in [0.4, 0.5) is 0 Å². The Morgan fingerprint density at radius 3 is 2.43 bits per heavy atom. The van der Waals surface area contributed by atoms with E-state index in [1.54, 1.807) is 0 Å². The van der Waals surface area contributed by atoms with Crippen LogP contribution in [0.3, 0.4) is 0 Å². The summed E-state index contributed by atoms with van der Waals surface area (Å²) in [5, 5.41) is 0. The molecule has 0 heterocycles. The van der Waals surface area contributed by atoms with Crippen LogP contribution in [0.15, 0.2) is 0 Å². The van der Waals surface area contributed by atoms with Gasteiger partial charge in [0.2, 0.25) is 0 Å². The quantitative estimate of drug-likeness (QED) is 0.609. The molecular formula is C12H25NS. The lowest BCUT2D eigenvalue weighted by Crippen LogP contribution is -2.33. The van der Waals surface area contributed by atoms with Gasteiger partial charge in [-0.1, -0.05) is 20.3 Å². The summed E-state index contributed by atoms with van der Waals surface area (Å²) in [5.74, 6) is 1.87. The second-order valence-corrected chi connectivity index (χ2v) is 4.93. The monoisotopic (exact) mass is 215 g/mol. The van der Waals surface area contributed by atoms with Crippen molar-refractivity contribution in [2.45, 2.75) is 52.0 Å². The molecule has 1 nitrogen and oxygen atoms in total. The topological polar surface area (TPSA) is 3.24 Å². The van der Waals surface area contributed by atoms with Crippen molar-refractivity contribution in [3.05, 3.63) is 0 Å². The molecule has 1 unspecified atom stereocenters. The molecule has 1 aliphatic carbocycles. The van der Waals surface area contributed by atoms with E-state index in [0.29, 0.717) is 0 Å². The molecule has 1 fully saturated rings. The Morgan fingerprint density at radius 2 is 2.00 bits per heavy atom. The standard InChI is InChI=1S/C12H25NS/c1-3-5-11(10-14)9-13(8-4-2)12-6-7-12/h11-12,14H,3-10H2,1-2H3. The molecule has 0 N–H and O–H groups in total. The highest BCUT2D eigenvalue weighted by atomic mass is 32.1. The number of rotatable bonds is 8. The van der Waals surface area contributed by atoms with E-state index in [9.17, 15) is 0 Å². The average molecular weight is 215 g/mol. The van der Waals surface area contributed by atoms with Crippen molar-refractivity contribution in [2.75, 3.05) is 18.8 Å². The normalized spacial score (nSPS) is 18.9. The summed E-state index contributed by atoms with van der Waals surface area (Å²) in [7, 11) is 0. The second-order valence-electron chi connectivity index (χ2n) is 4.56. The third-order valence-corrected chi connectivity index (χ3v) is 3.54. The minimum Gasteiger partial charge on any atom is -0.300 e. The second kappa shape index (κ2) is 6.73. The van der Waals surface area contributed by atoms with Crippen LogP contribution in [0.25, 0.3) is 0 Å². The van der Waals surface area contributed by atoms with Gasteiger partial charge in [-0.05, 0) is 43.9 Å². The summed E-state index contributed by atoms with van der Waals surface area (Å²) < 4.78 is 0. The van der Waals surface area contributed by atoms with E-state index < -0.39 is 0 Å². The third-order valence-electron chi connectivity index (χ3n) is 3.02. The molecule has 0 aliphatic heterocycles. The Balaban J connectivity index is 2.27. The molecule has 0 spiro atoms. The number of hydrogen-bond donors (Lipinski definition) is 1. The lowest BCUT2D eigenvalue weighted by molar-refractivity contribution is 0.224. The van der Waals surface area contributed by atoms with Gasteiger partial charge in [-0.3, -0.25) is 0 Å². The van der Waals surface area contributed by atoms with Gasteiger partial charge in [0, 0.05) is 12.6 Å². The minimum absolute atomic E-state index is 0.815. The van der Waals surface area contributed by atoms with Crippen LogP contribution in [-0.2, 0) is 0 Å². The highest BCUT2D eigenvalue weighted by molar-refractivity contribution is 7.80. The minimum atomic E-state index is 0.815. The van der Waals surface area contributed by atoms with Crippen LogP contribution in [0, 0.1) is 5.92 Å². The summed E-state index contributed by atoms with van der Waals surface area (Å²) in [6.07, 6.45) is 6.81.